The molecule has 0 atom stereocenters. The Hall–Kier alpha value is -3.42. The number of methoxy groups -OCH3 is 3. The highest BCUT2D eigenvalue weighted by atomic mass is 16.5. The van der Waals surface area contributed by atoms with Crippen LogP contribution in [0.25, 0.3) is 0 Å². The van der Waals surface area contributed by atoms with E-state index in [2.05, 4.69) is 5.32 Å². The smallest absolute Gasteiger partial charge is 0.321 e. The van der Waals surface area contributed by atoms with E-state index in [1.54, 1.807) is 73.6 Å². The summed E-state index contributed by atoms with van der Waals surface area (Å²) in [5, 5.41) is 2.86. The molecule has 0 aliphatic carbocycles. The van der Waals surface area contributed by atoms with Gasteiger partial charge in [0.2, 0.25) is 0 Å². The first-order valence-electron chi connectivity index (χ1n) is 9.27. The number of rotatable bonds is 5. The average Bonchev–Trinajstić information content (AvgIpc) is 2.78. The van der Waals surface area contributed by atoms with E-state index in [0.29, 0.717) is 54.7 Å². The summed E-state index contributed by atoms with van der Waals surface area (Å²) in [5.74, 6) is 1.71. The van der Waals surface area contributed by atoms with Crippen LogP contribution < -0.4 is 19.5 Å². The summed E-state index contributed by atoms with van der Waals surface area (Å²) < 4.78 is 15.6. The predicted molar refractivity (Wildman–Crippen MR) is 109 cm³/mol. The fourth-order valence-corrected chi connectivity index (χ4v) is 3.17. The molecule has 1 saturated heterocycles. The number of hydrogen-bond donors (Lipinski definition) is 1. The van der Waals surface area contributed by atoms with Crippen LogP contribution in [0.1, 0.15) is 10.4 Å². The second-order valence-electron chi connectivity index (χ2n) is 6.51. The second kappa shape index (κ2) is 9.18. The predicted octanol–water partition coefficient (Wildman–Crippen LogP) is 2.70. The monoisotopic (exact) mass is 399 g/mol. The van der Waals surface area contributed by atoms with Crippen molar-refractivity contribution >= 4 is 17.6 Å². The number of anilines is 1. The van der Waals surface area contributed by atoms with Gasteiger partial charge in [-0.25, -0.2) is 4.79 Å². The van der Waals surface area contributed by atoms with Crippen LogP contribution in [0.2, 0.25) is 0 Å². The number of nitrogens with zero attached hydrogens (tertiary/aromatic N) is 2. The minimum Gasteiger partial charge on any atom is -0.497 e. The van der Waals surface area contributed by atoms with Crippen molar-refractivity contribution in [2.24, 2.45) is 0 Å². The molecule has 3 amide bonds. The largest absolute Gasteiger partial charge is 0.497 e. The Kier molecular flexibility index (Phi) is 6.43. The Labute approximate surface area is 170 Å². The van der Waals surface area contributed by atoms with Gasteiger partial charge in [-0.1, -0.05) is 6.07 Å². The van der Waals surface area contributed by atoms with Gasteiger partial charge in [-0.15, -0.1) is 0 Å². The third-order valence-electron chi connectivity index (χ3n) is 4.81. The Bertz CT molecular complexity index is 878. The molecule has 1 N–H and O–H groups in total. The molecule has 0 aromatic heterocycles. The molecule has 1 aliphatic rings. The fraction of sp³-hybridized carbons (Fsp3) is 0.333. The highest BCUT2D eigenvalue weighted by Gasteiger charge is 2.25. The van der Waals surface area contributed by atoms with Crippen molar-refractivity contribution in [1.82, 2.24) is 9.80 Å². The van der Waals surface area contributed by atoms with E-state index in [1.807, 2.05) is 0 Å². The van der Waals surface area contributed by atoms with E-state index in [1.165, 1.54) is 0 Å². The molecular weight excluding hydrogens is 374 g/mol. The maximum Gasteiger partial charge on any atom is 0.321 e. The van der Waals surface area contributed by atoms with Crippen LogP contribution in [-0.4, -0.2) is 69.2 Å². The van der Waals surface area contributed by atoms with Gasteiger partial charge in [-0.3, -0.25) is 4.79 Å². The van der Waals surface area contributed by atoms with Gasteiger partial charge in [0, 0.05) is 43.5 Å². The van der Waals surface area contributed by atoms with Gasteiger partial charge in [-0.2, -0.15) is 0 Å². The highest BCUT2D eigenvalue weighted by molar-refractivity contribution is 5.95. The lowest BCUT2D eigenvalue weighted by atomic mass is 10.1. The molecular formula is C21H25N3O5. The summed E-state index contributed by atoms with van der Waals surface area (Å²) in [4.78, 5) is 28.7. The Morgan fingerprint density at radius 2 is 1.52 bits per heavy atom. The van der Waals surface area contributed by atoms with E-state index in [9.17, 15) is 9.59 Å². The van der Waals surface area contributed by atoms with Crippen LogP contribution in [0, 0.1) is 0 Å². The molecule has 0 spiro atoms. The van der Waals surface area contributed by atoms with E-state index in [0.717, 1.165) is 0 Å². The third-order valence-corrected chi connectivity index (χ3v) is 4.81. The number of carbonyl (C=O) groups excluding carboxylic acids is 2. The number of benzene rings is 2. The Balaban J connectivity index is 1.57. The van der Waals surface area contributed by atoms with Gasteiger partial charge in [0.15, 0.2) is 11.5 Å². The normalized spacial score (nSPS) is 13.6. The lowest BCUT2D eigenvalue weighted by molar-refractivity contribution is 0.0671. The minimum absolute atomic E-state index is 0.0659. The van der Waals surface area contributed by atoms with E-state index < -0.39 is 0 Å². The van der Waals surface area contributed by atoms with Crippen molar-refractivity contribution in [3.63, 3.8) is 0 Å². The van der Waals surface area contributed by atoms with Crippen LogP contribution >= 0.6 is 0 Å². The summed E-state index contributed by atoms with van der Waals surface area (Å²) in [6.45, 7) is 1.84. The zero-order chi connectivity index (χ0) is 20.8. The molecule has 8 nitrogen and oxygen atoms in total. The molecule has 1 aliphatic heterocycles. The summed E-state index contributed by atoms with van der Waals surface area (Å²) in [6.07, 6.45) is 0. The first kappa shape index (κ1) is 20.3. The number of hydrogen-bond acceptors (Lipinski definition) is 5. The number of urea groups is 1. The third kappa shape index (κ3) is 4.71. The van der Waals surface area contributed by atoms with Crippen molar-refractivity contribution in [3.05, 3.63) is 48.0 Å². The van der Waals surface area contributed by atoms with Crippen molar-refractivity contribution in [2.45, 2.75) is 0 Å². The van der Waals surface area contributed by atoms with E-state index in [4.69, 9.17) is 14.2 Å². The van der Waals surface area contributed by atoms with Crippen molar-refractivity contribution < 1.29 is 23.8 Å². The molecule has 2 aromatic rings. The van der Waals surface area contributed by atoms with Gasteiger partial charge in [-0.05, 0) is 30.3 Å². The number of amides is 3. The first-order chi connectivity index (χ1) is 14.0. The zero-order valence-corrected chi connectivity index (χ0v) is 16.8. The summed E-state index contributed by atoms with van der Waals surface area (Å²) in [5.41, 5.74) is 1.19. The molecule has 29 heavy (non-hydrogen) atoms. The molecule has 1 heterocycles. The second-order valence-corrected chi connectivity index (χ2v) is 6.51. The number of carbonyl (C=O) groups is 2. The Morgan fingerprint density at radius 1 is 0.828 bits per heavy atom. The van der Waals surface area contributed by atoms with Crippen LogP contribution in [-0.2, 0) is 0 Å². The van der Waals surface area contributed by atoms with Gasteiger partial charge in [0.25, 0.3) is 5.91 Å². The molecule has 3 rings (SSSR count). The summed E-state index contributed by atoms with van der Waals surface area (Å²) in [7, 11) is 4.67. The SMILES string of the molecule is COc1cccc(C(=O)N2CCN(C(=O)Nc3ccc(OC)c(OC)c3)CC2)c1. The standard InChI is InChI=1S/C21H25N3O5/c1-27-17-6-4-5-15(13-17)20(25)23-9-11-24(12-10-23)21(26)22-16-7-8-18(28-2)19(14-16)29-3/h4-8,13-14H,9-12H2,1-3H3,(H,22,26). The van der Waals surface area contributed by atoms with Crippen molar-refractivity contribution in [2.75, 3.05) is 52.8 Å². The number of piperazine rings is 1. The summed E-state index contributed by atoms with van der Waals surface area (Å²) in [6, 6.07) is 12.1. The Morgan fingerprint density at radius 3 is 2.17 bits per heavy atom. The topological polar surface area (TPSA) is 80.3 Å². The lowest BCUT2D eigenvalue weighted by Crippen LogP contribution is -2.51. The van der Waals surface area contributed by atoms with Crippen LogP contribution in [0.15, 0.2) is 42.5 Å². The maximum absolute atomic E-state index is 12.7. The molecule has 0 bridgehead atoms. The molecule has 1 fully saturated rings. The minimum atomic E-state index is -0.217. The maximum atomic E-state index is 12.7. The van der Waals surface area contributed by atoms with Crippen LogP contribution in [0.4, 0.5) is 10.5 Å². The van der Waals surface area contributed by atoms with Gasteiger partial charge in [0.05, 0.1) is 21.3 Å². The number of nitrogens with one attached hydrogen (secondary N) is 1. The van der Waals surface area contributed by atoms with Crippen LogP contribution in [0.3, 0.4) is 0 Å². The molecule has 0 saturated carbocycles. The molecule has 0 radical (unpaired) electrons. The molecule has 8 heteroatoms. The molecule has 0 unspecified atom stereocenters. The summed E-state index contributed by atoms with van der Waals surface area (Å²) >= 11 is 0. The van der Waals surface area contributed by atoms with E-state index >= 15 is 0 Å². The van der Waals surface area contributed by atoms with Crippen molar-refractivity contribution in [3.8, 4) is 17.2 Å². The first-order valence-corrected chi connectivity index (χ1v) is 9.27. The van der Waals surface area contributed by atoms with E-state index in [-0.39, 0.29) is 11.9 Å². The van der Waals surface area contributed by atoms with Gasteiger partial charge in [0.1, 0.15) is 5.75 Å². The van der Waals surface area contributed by atoms with Gasteiger partial charge < -0.3 is 29.3 Å². The van der Waals surface area contributed by atoms with Gasteiger partial charge >= 0.3 is 6.03 Å². The lowest BCUT2D eigenvalue weighted by Gasteiger charge is -2.34. The van der Waals surface area contributed by atoms with Crippen LogP contribution in [0.5, 0.6) is 17.2 Å². The average molecular weight is 399 g/mol. The fourth-order valence-electron chi connectivity index (χ4n) is 3.17. The van der Waals surface area contributed by atoms with Crippen molar-refractivity contribution in [1.29, 1.82) is 0 Å². The zero-order valence-electron chi connectivity index (χ0n) is 16.8. The highest BCUT2D eigenvalue weighted by Crippen LogP contribution is 2.29. The molecule has 2 aromatic carbocycles. The number of ether oxygens (including phenoxy) is 3. The quantitative estimate of drug-likeness (QED) is 0.836. The molecule has 154 valence electrons.